The molecule has 0 aliphatic carbocycles. The van der Waals surface area contributed by atoms with Crippen molar-refractivity contribution in [2.45, 2.75) is 19.4 Å². The first-order valence-corrected chi connectivity index (χ1v) is 11.5. The normalized spacial score (nSPS) is 11.7. The highest BCUT2D eigenvalue weighted by Gasteiger charge is 2.24. The van der Waals surface area contributed by atoms with E-state index in [1.165, 1.54) is 16.9 Å². The van der Waals surface area contributed by atoms with Crippen molar-refractivity contribution in [3.8, 4) is 5.82 Å². The number of aromatic nitrogens is 3. The summed E-state index contributed by atoms with van der Waals surface area (Å²) in [7, 11) is 0. The molecule has 14 heteroatoms. The molecule has 1 unspecified atom stereocenters. The lowest BCUT2D eigenvalue weighted by Gasteiger charge is -2.16. The van der Waals surface area contributed by atoms with Crippen LogP contribution >= 0.6 is 43.5 Å². The molecule has 0 bridgehead atoms. The molecule has 3 rings (SSSR count). The maximum absolute atomic E-state index is 14.1. The number of hydrogen-bond donors (Lipinski definition) is 3. The fourth-order valence-corrected chi connectivity index (χ4v) is 3.90. The molecule has 2 heterocycles. The lowest BCUT2D eigenvalue weighted by atomic mass is 10.1. The third-order valence-corrected chi connectivity index (χ3v) is 5.68. The monoisotopic (exact) mass is 616 g/mol. The summed E-state index contributed by atoms with van der Waals surface area (Å²) in [6.45, 7) is 1.63. The Morgan fingerprint density at radius 2 is 2.00 bits per heavy atom. The van der Waals surface area contributed by atoms with Gasteiger partial charge in [0, 0.05) is 16.7 Å². The molecule has 0 aliphatic rings. The number of benzene rings is 1. The molecule has 1 aromatic carbocycles. The van der Waals surface area contributed by atoms with E-state index in [1.54, 1.807) is 19.1 Å². The second kappa shape index (κ2) is 11.0. The first kappa shape index (κ1) is 25.7. The number of hydrogen-bond acceptors (Lipinski definition) is 6. The molecule has 2 aromatic heterocycles. The van der Waals surface area contributed by atoms with Crippen LogP contribution in [-0.2, 0) is 9.63 Å². The van der Waals surface area contributed by atoms with E-state index in [4.69, 9.17) is 22.2 Å². The van der Waals surface area contributed by atoms with E-state index in [0.717, 1.165) is 12.1 Å². The number of nitrogens with two attached hydrogens (primary N) is 1. The van der Waals surface area contributed by atoms with Crippen molar-refractivity contribution < 1.29 is 23.6 Å². The van der Waals surface area contributed by atoms with Crippen LogP contribution in [-0.4, -0.2) is 38.6 Å². The first-order chi connectivity index (χ1) is 16.1. The van der Waals surface area contributed by atoms with E-state index in [0.29, 0.717) is 4.60 Å². The summed E-state index contributed by atoms with van der Waals surface area (Å²) in [6, 6.07) is 6.57. The molecule has 0 radical (unpaired) electrons. The molecule has 0 aliphatic heterocycles. The Bertz CT molecular complexity index is 1270. The molecule has 3 amide bonds. The zero-order chi connectivity index (χ0) is 25.0. The highest BCUT2D eigenvalue weighted by molar-refractivity contribution is 9.10. The largest absolute Gasteiger partial charge is 0.367 e. The predicted molar refractivity (Wildman–Crippen MR) is 128 cm³/mol. The van der Waals surface area contributed by atoms with Crippen LogP contribution in [0.3, 0.4) is 0 Å². The van der Waals surface area contributed by atoms with Crippen molar-refractivity contribution in [1.82, 2.24) is 20.2 Å². The van der Waals surface area contributed by atoms with Crippen LogP contribution in [0, 0.1) is 5.82 Å². The summed E-state index contributed by atoms with van der Waals surface area (Å²) in [5.41, 5.74) is 6.93. The highest BCUT2D eigenvalue weighted by Crippen LogP contribution is 2.30. The maximum atomic E-state index is 14.1. The average molecular weight is 619 g/mol. The van der Waals surface area contributed by atoms with Crippen LogP contribution in [0.5, 0.6) is 0 Å². The quantitative estimate of drug-likeness (QED) is 0.329. The van der Waals surface area contributed by atoms with E-state index in [1.807, 2.05) is 0 Å². The summed E-state index contributed by atoms with van der Waals surface area (Å²) in [5, 5.41) is 6.98. The van der Waals surface area contributed by atoms with Crippen molar-refractivity contribution in [1.29, 1.82) is 0 Å². The minimum atomic E-state index is -1.09. The molecule has 178 valence electrons. The molecule has 34 heavy (non-hydrogen) atoms. The van der Waals surface area contributed by atoms with Gasteiger partial charge in [0.15, 0.2) is 11.9 Å². The molecule has 3 aromatic rings. The van der Waals surface area contributed by atoms with Gasteiger partial charge in [0.25, 0.3) is 11.8 Å². The standard InChI is InChI=1S/C20H16Br2ClFN6O4/c1-2-14(17(25)31)34-29-19(32)10-6-9(24)7-11(21)16(10)27-20(33)13-8-15(22)28-30(13)18-12(23)4-3-5-26-18/h3-8,14H,2H2,1H3,(H2,25,31)(H,27,33)(H,29,32). The Kier molecular flexibility index (Phi) is 8.36. The number of carbonyl (C=O) groups is 3. The lowest BCUT2D eigenvalue weighted by molar-refractivity contribution is -0.133. The van der Waals surface area contributed by atoms with Gasteiger partial charge in [-0.25, -0.2) is 19.5 Å². The molecule has 0 spiro atoms. The Morgan fingerprint density at radius 1 is 1.26 bits per heavy atom. The second-order valence-corrected chi connectivity index (χ2v) is 8.76. The summed E-state index contributed by atoms with van der Waals surface area (Å²) in [6.07, 6.45) is 0.586. The van der Waals surface area contributed by atoms with Crippen LogP contribution in [0.2, 0.25) is 5.02 Å². The zero-order valence-corrected chi connectivity index (χ0v) is 21.2. The molecular weight excluding hydrogens is 603 g/mol. The molecule has 0 fully saturated rings. The summed E-state index contributed by atoms with van der Waals surface area (Å²) >= 11 is 12.6. The molecular formula is C20H16Br2ClFN6O4. The predicted octanol–water partition coefficient (Wildman–Crippen LogP) is 3.76. The van der Waals surface area contributed by atoms with Gasteiger partial charge in [-0.05, 0) is 62.5 Å². The van der Waals surface area contributed by atoms with Crippen molar-refractivity contribution in [3.63, 3.8) is 0 Å². The van der Waals surface area contributed by atoms with Gasteiger partial charge in [0.05, 0.1) is 16.3 Å². The number of amides is 3. The lowest BCUT2D eigenvalue weighted by Crippen LogP contribution is -2.38. The van der Waals surface area contributed by atoms with Gasteiger partial charge in [0.1, 0.15) is 16.1 Å². The summed E-state index contributed by atoms with van der Waals surface area (Å²) in [5.74, 6) is -2.97. The average Bonchev–Trinajstić information content (AvgIpc) is 3.17. The third kappa shape index (κ3) is 5.78. The molecule has 1 atom stereocenters. The minimum absolute atomic E-state index is 0.0195. The number of nitrogens with zero attached hydrogens (tertiary/aromatic N) is 3. The van der Waals surface area contributed by atoms with Crippen molar-refractivity contribution in [2.75, 3.05) is 5.32 Å². The minimum Gasteiger partial charge on any atom is -0.367 e. The number of carbonyl (C=O) groups excluding carboxylic acids is 3. The number of halogens is 4. The van der Waals surface area contributed by atoms with Gasteiger partial charge >= 0.3 is 0 Å². The summed E-state index contributed by atoms with van der Waals surface area (Å²) in [4.78, 5) is 46.3. The Labute approximate surface area is 214 Å². The fourth-order valence-electron chi connectivity index (χ4n) is 2.79. The van der Waals surface area contributed by atoms with Gasteiger partial charge in [-0.15, -0.1) is 0 Å². The van der Waals surface area contributed by atoms with Crippen molar-refractivity contribution in [2.24, 2.45) is 5.73 Å². The maximum Gasteiger partial charge on any atom is 0.277 e. The zero-order valence-electron chi connectivity index (χ0n) is 17.3. The number of hydroxylamine groups is 1. The van der Waals surface area contributed by atoms with Crippen LogP contribution in [0.4, 0.5) is 10.1 Å². The Hall–Kier alpha value is -2.87. The van der Waals surface area contributed by atoms with Gasteiger partial charge in [0.2, 0.25) is 5.91 Å². The van der Waals surface area contributed by atoms with E-state index in [9.17, 15) is 18.8 Å². The van der Waals surface area contributed by atoms with Gasteiger partial charge in [-0.2, -0.15) is 5.10 Å². The van der Waals surface area contributed by atoms with E-state index < -0.39 is 29.6 Å². The summed E-state index contributed by atoms with van der Waals surface area (Å²) < 4.78 is 15.7. The SMILES string of the molecule is CCC(ONC(=O)c1cc(F)cc(Br)c1NC(=O)c1cc(Br)nn1-c1ncccc1Cl)C(N)=O. The number of anilines is 1. The van der Waals surface area contributed by atoms with Gasteiger partial charge in [-0.3, -0.25) is 19.2 Å². The molecule has 0 saturated carbocycles. The third-order valence-electron chi connectivity index (χ3n) is 4.37. The molecule has 4 N–H and O–H groups in total. The van der Waals surface area contributed by atoms with Crippen molar-refractivity contribution in [3.05, 3.63) is 67.7 Å². The van der Waals surface area contributed by atoms with E-state index in [2.05, 4.69) is 52.7 Å². The Balaban J connectivity index is 1.94. The molecule has 10 nitrogen and oxygen atoms in total. The highest BCUT2D eigenvalue weighted by atomic mass is 79.9. The fraction of sp³-hybridized carbons (Fsp3) is 0.150. The number of pyridine rings is 1. The second-order valence-electron chi connectivity index (χ2n) is 6.69. The topological polar surface area (TPSA) is 141 Å². The van der Waals surface area contributed by atoms with Crippen LogP contribution in [0.1, 0.15) is 34.2 Å². The number of nitrogens with one attached hydrogen (secondary N) is 2. The number of primary amides is 1. The Morgan fingerprint density at radius 3 is 2.65 bits per heavy atom. The van der Waals surface area contributed by atoms with Crippen LogP contribution in [0.25, 0.3) is 5.82 Å². The van der Waals surface area contributed by atoms with E-state index in [-0.39, 0.29) is 38.7 Å². The first-order valence-electron chi connectivity index (χ1n) is 9.54. The van der Waals surface area contributed by atoms with Crippen LogP contribution < -0.4 is 16.5 Å². The van der Waals surface area contributed by atoms with Gasteiger partial charge in [-0.1, -0.05) is 18.5 Å². The molecule has 0 saturated heterocycles. The number of rotatable bonds is 8. The van der Waals surface area contributed by atoms with E-state index >= 15 is 0 Å². The van der Waals surface area contributed by atoms with Crippen LogP contribution in [0.15, 0.2) is 45.6 Å². The smallest absolute Gasteiger partial charge is 0.277 e. The van der Waals surface area contributed by atoms with Crippen molar-refractivity contribution >= 4 is 66.9 Å². The van der Waals surface area contributed by atoms with Gasteiger partial charge < -0.3 is 11.1 Å².